The second-order valence-corrected chi connectivity index (χ2v) is 8.46. The van der Waals surface area contributed by atoms with Gasteiger partial charge in [-0.3, -0.25) is 4.79 Å². The number of hydrogen-bond donors (Lipinski definition) is 2. The van der Waals surface area contributed by atoms with E-state index >= 15 is 0 Å². The third-order valence-electron chi connectivity index (χ3n) is 3.59. The van der Waals surface area contributed by atoms with Crippen LogP contribution in [0.25, 0.3) is 0 Å². The van der Waals surface area contributed by atoms with E-state index < -0.39 is 10.0 Å². The van der Waals surface area contributed by atoms with Gasteiger partial charge in [0.2, 0.25) is 10.0 Å². The molecule has 23 heavy (non-hydrogen) atoms. The molecule has 0 aliphatic carbocycles. The van der Waals surface area contributed by atoms with Gasteiger partial charge in [-0.15, -0.1) is 11.3 Å². The Morgan fingerprint density at radius 3 is 2.57 bits per heavy atom. The van der Waals surface area contributed by atoms with Crippen LogP contribution in [0.4, 0.5) is 0 Å². The summed E-state index contributed by atoms with van der Waals surface area (Å²) >= 11 is 1.59. The van der Waals surface area contributed by atoms with Gasteiger partial charge < -0.3 is 9.88 Å². The molecule has 2 aromatic rings. The number of hydrogen-bond acceptors (Lipinski definition) is 4. The van der Waals surface area contributed by atoms with E-state index in [2.05, 4.69) is 10.0 Å². The summed E-state index contributed by atoms with van der Waals surface area (Å²) in [7, 11) is -0.577. The molecule has 0 unspecified atom stereocenters. The number of aryl methyl sites for hydroxylation is 1. The van der Waals surface area contributed by atoms with Crippen molar-refractivity contribution in [1.29, 1.82) is 0 Å². The zero-order chi connectivity index (χ0) is 17.2. The number of carbonyl (C=O) groups is 1. The molecular formula is C15H21N3O3S2. The number of rotatable bonds is 6. The van der Waals surface area contributed by atoms with Crippen molar-refractivity contribution in [2.75, 3.05) is 7.05 Å². The highest BCUT2D eigenvalue weighted by Crippen LogP contribution is 2.26. The lowest BCUT2D eigenvalue weighted by Gasteiger charge is -2.21. The zero-order valence-corrected chi connectivity index (χ0v) is 15.2. The molecule has 0 aromatic carbocycles. The highest BCUT2D eigenvalue weighted by Gasteiger charge is 2.23. The Labute approximate surface area is 140 Å². The predicted octanol–water partition coefficient (Wildman–Crippen LogP) is 2.12. The number of amides is 1. The molecule has 0 saturated heterocycles. The summed E-state index contributed by atoms with van der Waals surface area (Å²) in [4.78, 5) is 13.7. The van der Waals surface area contributed by atoms with Crippen molar-refractivity contribution in [1.82, 2.24) is 14.6 Å². The van der Waals surface area contributed by atoms with Crippen LogP contribution in [0.1, 0.15) is 35.3 Å². The molecule has 0 bridgehead atoms. The van der Waals surface area contributed by atoms with Gasteiger partial charge in [-0.25, -0.2) is 13.1 Å². The summed E-state index contributed by atoms with van der Waals surface area (Å²) in [5, 5.41) is 4.96. The lowest BCUT2D eigenvalue weighted by atomic mass is 10.0. The third-order valence-corrected chi connectivity index (χ3v) is 5.93. The van der Waals surface area contributed by atoms with Crippen LogP contribution in [-0.2, 0) is 17.1 Å². The average Bonchev–Trinajstić information content (AvgIpc) is 3.13. The Balaban J connectivity index is 2.27. The minimum atomic E-state index is -3.57. The van der Waals surface area contributed by atoms with Crippen LogP contribution < -0.4 is 10.0 Å². The quantitative estimate of drug-likeness (QED) is 0.833. The van der Waals surface area contributed by atoms with Gasteiger partial charge in [-0.2, -0.15) is 0 Å². The second-order valence-electron chi connectivity index (χ2n) is 5.59. The van der Waals surface area contributed by atoms with Gasteiger partial charge >= 0.3 is 0 Å². The van der Waals surface area contributed by atoms with Gasteiger partial charge in [0.15, 0.2) is 0 Å². The van der Waals surface area contributed by atoms with E-state index in [1.165, 1.54) is 23.9 Å². The summed E-state index contributed by atoms with van der Waals surface area (Å²) in [6.45, 7) is 4.07. The van der Waals surface area contributed by atoms with Crippen LogP contribution >= 0.6 is 11.3 Å². The van der Waals surface area contributed by atoms with Crippen LogP contribution in [0.2, 0.25) is 0 Å². The third kappa shape index (κ3) is 3.82. The summed E-state index contributed by atoms with van der Waals surface area (Å²) in [5.41, 5.74) is 0.307. The minimum absolute atomic E-state index is 0.0740. The van der Waals surface area contributed by atoms with Crippen molar-refractivity contribution in [2.45, 2.75) is 24.8 Å². The normalized spacial score (nSPS) is 13.3. The van der Waals surface area contributed by atoms with Crippen LogP contribution in [0.3, 0.4) is 0 Å². The van der Waals surface area contributed by atoms with Crippen LogP contribution in [0.5, 0.6) is 0 Å². The molecule has 0 spiro atoms. The number of sulfonamides is 1. The SMILES string of the molecule is CNS(=O)(=O)c1cc(C(=O)N[C@@H](c2cccs2)C(C)C)n(C)c1. The van der Waals surface area contributed by atoms with Gasteiger partial charge in [-0.05, 0) is 30.5 Å². The number of aromatic nitrogens is 1. The minimum Gasteiger partial charge on any atom is -0.345 e. The van der Waals surface area contributed by atoms with Crippen molar-refractivity contribution in [2.24, 2.45) is 13.0 Å². The molecule has 2 aromatic heterocycles. The Kier molecular flexibility index (Phi) is 5.28. The first-order chi connectivity index (χ1) is 10.8. The second kappa shape index (κ2) is 6.86. The smallest absolute Gasteiger partial charge is 0.268 e. The Hall–Kier alpha value is -1.64. The van der Waals surface area contributed by atoms with E-state index in [-0.39, 0.29) is 22.8 Å². The predicted molar refractivity (Wildman–Crippen MR) is 91.0 cm³/mol. The number of carbonyl (C=O) groups excluding carboxylic acids is 1. The maximum atomic E-state index is 12.6. The van der Waals surface area contributed by atoms with Crippen molar-refractivity contribution in [3.8, 4) is 0 Å². The maximum absolute atomic E-state index is 12.6. The standard InChI is InChI=1S/C15H21N3O3S2/c1-10(2)14(13-6-5-7-22-13)17-15(19)12-8-11(9-18(12)4)23(20,21)16-3/h5-10,14,16H,1-4H3,(H,17,19)/t14-/m1/s1. The summed E-state index contributed by atoms with van der Waals surface area (Å²) < 4.78 is 27.5. The molecule has 8 heteroatoms. The Morgan fingerprint density at radius 1 is 1.35 bits per heavy atom. The van der Waals surface area contributed by atoms with E-state index in [4.69, 9.17) is 0 Å². The van der Waals surface area contributed by atoms with Gasteiger partial charge in [0.1, 0.15) is 10.6 Å². The first kappa shape index (κ1) is 17.7. The number of thiophene rings is 1. The monoisotopic (exact) mass is 355 g/mol. The van der Waals surface area contributed by atoms with E-state index in [0.717, 1.165) is 4.88 Å². The van der Waals surface area contributed by atoms with Gasteiger partial charge in [0.05, 0.1) is 6.04 Å². The maximum Gasteiger partial charge on any atom is 0.268 e. The lowest BCUT2D eigenvalue weighted by Crippen LogP contribution is -2.32. The van der Waals surface area contributed by atoms with Crippen molar-refractivity contribution < 1.29 is 13.2 Å². The van der Waals surface area contributed by atoms with Gasteiger partial charge in [-0.1, -0.05) is 19.9 Å². The number of nitrogens with one attached hydrogen (secondary N) is 2. The van der Waals surface area contributed by atoms with Crippen molar-refractivity contribution >= 4 is 27.3 Å². The highest BCUT2D eigenvalue weighted by molar-refractivity contribution is 7.89. The fourth-order valence-corrected chi connectivity index (χ4v) is 4.02. The largest absolute Gasteiger partial charge is 0.345 e. The first-order valence-corrected chi connectivity index (χ1v) is 9.56. The Morgan fingerprint density at radius 2 is 2.04 bits per heavy atom. The molecular weight excluding hydrogens is 334 g/mol. The van der Waals surface area contributed by atoms with Crippen LogP contribution in [-0.4, -0.2) is 25.9 Å². The molecule has 0 fully saturated rings. The van der Waals surface area contributed by atoms with E-state index in [0.29, 0.717) is 5.69 Å². The summed E-state index contributed by atoms with van der Waals surface area (Å²) in [6, 6.07) is 5.20. The van der Waals surface area contributed by atoms with E-state index in [1.54, 1.807) is 18.4 Å². The molecule has 2 N–H and O–H groups in total. The van der Waals surface area contributed by atoms with Gasteiger partial charge in [0.25, 0.3) is 5.91 Å². The fourth-order valence-electron chi connectivity index (χ4n) is 2.27. The Bertz CT molecular complexity index is 777. The van der Waals surface area contributed by atoms with Gasteiger partial charge in [0, 0.05) is 18.1 Å². The molecule has 6 nitrogen and oxygen atoms in total. The first-order valence-electron chi connectivity index (χ1n) is 7.20. The molecule has 126 valence electrons. The van der Waals surface area contributed by atoms with E-state index in [9.17, 15) is 13.2 Å². The molecule has 0 saturated carbocycles. The van der Waals surface area contributed by atoms with E-state index in [1.807, 2.05) is 31.4 Å². The lowest BCUT2D eigenvalue weighted by molar-refractivity contribution is 0.0918. The molecule has 0 radical (unpaired) electrons. The molecule has 2 rings (SSSR count). The van der Waals surface area contributed by atoms with Crippen LogP contribution in [0.15, 0.2) is 34.7 Å². The molecule has 1 atom stereocenters. The molecule has 0 aliphatic heterocycles. The van der Waals surface area contributed by atoms with Crippen molar-refractivity contribution in [3.05, 3.63) is 40.3 Å². The fraction of sp³-hybridized carbons (Fsp3) is 0.400. The molecule has 1 amide bonds. The zero-order valence-electron chi connectivity index (χ0n) is 13.5. The van der Waals surface area contributed by atoms with Crippen LogP contribution in [0, 0.1) is 5.92 Å². The average molecular weight is 355 g/mol. The number of nitrogens with zero attached hydrogens (tertiary/aromatic N) is 1. The summed E-state index contributed by atoms with van der Waals surface area (Å²) in [5.74, 6) is -0.0736. The molecule has 2 heterocycles. The molecule has 0 aliphatic rings. The topological polar surface area (TPSA) is 80.2 Å². The van der Waals surface area contributed by atoms with Crippen molar-refractivity contribution in [3.63, 3.8) is 0 Å². The highest BCUT2D eigenvalue weighted by atomic mass is 32.2. The summed E-state index contributed by atoms with van der Waals surface area (Å²) in [6.07, 6.45) is 1.43.